The SMILES string of the molecule is CC(C)CCNC(=O)C(c1ccco1)N(C(=O)c1snc(C(N)=O)c1N)c1cccc2ccccc12. The summed E-state index contributed by atoms with van der Waals surface area (Å²) in [5.41, 5.74) is 11.7. The first kappa shape index (κ1) is 24.9. The monoisotopic (exact) mass is 505 g/mol. The highest BCUT2D eigenvalue weighted by Crippen LogP contribution is 2.37. The van der Waals surface area contributed by atoms with Crippen LogP contribution in [0.2, 0.25) is 0 Å². The van der Waals surface area contributed by atoms with Crippen LogP contribution in [0.4, 0.5) is 11.4 Å². The van der Waals surface area contributed by atoms with Crippen LogP contribution < -0.4 is 21.7 Å². The number of amides is 3. The van der Waals surface area contributed by atoms with Gasteiger partial charge in [0.15, 0.2) is 11.7 Å². The molecule has 0 saturated heterocycles. The summed E-state index contributed by atoms with van der Waals surface area (Å²) in [5.74, 6) is -1.20. The second kappa shape index (κ2) is 10.6. The summed E-state index contributed by atoms with van der Waals surface area (Å²) in [5, 5.41) is 4.56. The molecule has 0 radical (unpaired) electrons. The van der Waals surface area contributed by atoms with Crippen molar-refractivity contribution in [1.29, 1.82) is 0 Å². The molecule has 5 N–H and O–H groups in total. The Bertz CT molecular complexity index is 1390. The Morgan fingerprint density at radius 1 is 1.08 bits per heavy atom. The van der Waals surface area contributed by atoms with Gasteiger partial charge in [-0.25, -0.2) is 0 Å². The molecule has 4 aromatic rings. The second-order valence-corrected chi connectivity index (χ2v) is 9.48. The third kappa shape index (κ3) is 4.94. The maximum absolute atomic E-state index is 14.1. The van der Waals surface area contributed by atoms with Gasteiger partial charge in [0.1, 0.15) is 10.6 Å². The van der Waals surface area contributed by atoms with Crippen LogP contribution in [0.3, 0.4) is 0 Å². The lowest BCUT2D eigenvalue weighted by Crippen LogP contribution is -2.44. The van der Waals surface area contributed by atoms with Gasteiger partial charge in [-0.1, -0.05) is 50.2 Å². The number of primary amides is 1. The van der Waals surface area contributed by atoms with Crippen LogP contribution in [0.5, 0.6) is 0 Å². The number of nitrogens with one attached hydrogen (secondary N) is 1. The standard InChI is InChI=1S/C26H27N5O4S/c1-15(2)12-13-29-25(33)22(19-11-6-14-35-19)31(18-10-5-8-16-7-3-4-9-17(16)18)26(34)23-20(27)21(24(28)32)30-36-23/h3-11,14-15,22H,12-13,27H2,1-2H3,(H2,28,32)(H,29,33). The number of nitrogens with zero attached hydrogens (tertiary/aromatic N) is 2. The lowest BCUT2D eigenvalue weighted by molar-refractivity contribution is -0.122. The van der Waals surface area contributed by atoms with Crippen LogP contribution in [0.1, 0.15) is 52.2 Å². The smallest absolute Gasteiger partial charge is 0.273 e. The van der Waals surface area contributed by atoms with Crippen molar-refractivity contribution < 1.29 is 18.8 Å². The average molecular weight is 506 g/mol. The first-order valence-corrected chi connectivity index (χ1v) is 12.2. The van der Waals surface area contributed by atoms with E-state index in [-0.39, 0.29) is 22.0 Å². The van der Waals surface area contributed by atoms with Gasteiger partial charge in [0.05, 0.1) is 17.6 Å². The average Bonchev–Trinajstić information content (AvgIpc) is 3.51. The Morgan fingerprint density at radius 2 is 1.83 bits per heavy atom. The molecule has 3 amide bonds. The van der Waals surface area contributed by atoms with Crippen molar-refractivity contribution in [2.45, 2.75) is 26.3 Å². The van der Waals surface area contributed by atoms with Crippen molar-refractivity contribution in [3.05, 3.63) is 77.2 Å². The summed E-state index contributed by atoms with van der Waals surface area (Å²) in [6, 6.07) is 15.1. The van der Waals surface area contributed by atoms with E-state index in [2.05, 4.69) is 23.5 Å². The molecule has 4 rings (SSSR count). The van der Waals surface area contributed by atoms with E-state index in [0.717, 1.165) is 28.7 Å². The van der Waals surface area contributed by atoms with Gasteiger partial charge in [-0.2, -0.15) is 4.37 Å². The van der Waals surface area contributed by atoms with E-state index < -0.39 is 23.8 Å². The van der Waals surface area contributed by atoms with Crippen LogP contribution in [-0.4, -0.2) is 28.6 Å². The summed E-state index contributed by atoms with van der Waals surface area (Å²) in [4.78, 5) is 40.8. The molecule has 186 valence electrons. The van der Waals surface area contributed by atoms with E-state index in [1.165, 1.54) is 11.2 Å². The quantitative estimate of drug-likeness (QED) is 0.312. The summed E-state index contributed by atoms with van der Waals surface area (Å²) in [6.45, 7) is 4.55. The number of fused-ring (bicyclic) bond motifs is 1. The lowest BCUT2D eigenvalue weighted by Gasteiger charge is -2.30. The number of hydrogen-bond donors (Lipinski definition) is 3. The molecule has 0 aliphatic carbocycles. The van der Waals surface area contributed by atoms with Crippen molar-refractivity contribution in [2.75, 3.05) is 17.2 Å². The van der Waals surface area contributed by atoms with Crippen molar-refractivity contribution in [2.24, 2.45) is 11.7 Å². The Labute approximate surface area is 212 Å². The zero-order valence-electron chi connectivity index (χ0n) is 19.9. The Hall–Kier alpha value is -4.18. The fourth-order valence-corrected chi connectivity index (χ4v) is 4.67. The number of furan rings is 1. The molecule has 0 spiro atoms. The zero-order chi connectivity index (χ0) is 25.8. The number of carbonyl (C=O) groups is 3. The molecule has 2 aromatic carbocycles. The molecule has 36 heavy (non-hydrogen) atoms. The summed E-state index contributed by atoms with van der Waals surface area (Å²) in [7, 11) is 0. The van der Waals surface area contributed by atoms with E-state index in [4.69, 9.17) is 15.9 Å². The fourth-order valence-electron chi connectivity index (χ4n) is 3.92. The Kier molecular flexibility index (Phi) is 7.35. The third-order valence-electron chi connectivity index (χ3n) is 5.74. The van der Waals surface area contributed by atoms with Gasteiger partial charge >= 0.3 is 0 Å². The van der Waals surface area contributed by atoms with E-state index >= 15 is 0 Å². The van der Waals surface area contributed by atoms with Gasteiger partial charge in [0.25, 0.3) is 17.7 Å². The highest BCUT2D eigenvalue weighted by atomic mass is 32.1. The molecule has 0 aliphatic rings. The fraction of sp³-hybridized carbons (Fsp3) is 0.231. The molecule has 10 heteroatoms. The molecule has 0 bridgehead atoms. The lowest BCUT2D eigenvalue weighted by atomic mass is 10.0. The summed E-state index contributed by atoms with van der Waals surface area (Å²) < 4.78 is 9.63. The normalized spacial score (nSPS) is 12.0. The highest BCUT2D eigenvalue weighted by Gasteiger charge is 2.38. The molecule has 2 heterocycles. The molecule has 9 nitrogen and oxygen atoms in total. The first-order valence-electron chi connectivity index (χ1n) is 11.5. The van der Waals surface area contributed by atoms with Crippen LogP contribution in [0, 0.1) is 5.92 Å². The van der Waals surface area contributed by atoms with E-state index in [9.17, 15) is 14.4 Å². The Balaban J connectivity index is 1.89. The number of benzene rings is 2. The molecule has 0 fully saturated rings. The number of carbonyl (C=O) groups excluding carboxylic acids is 3. The van der Waals surface area contributed by atoms with Gasteiger partial charge in [0, 0.05) is 11.9 Å². The van der Waals surface area contributed by atoms with Crippen molar-refractivity contribution >= 4 is 51.4 Å². The van der Waals surface area contributed by atoms with E-state index in [0.29, 0.717) is 18.2 Å². The first-order chi connectivity index (χ1) is 17.3. The number of anilines is 2. The molecule has 0 saturated carbocycles. The highest BCUT2D eigenvalue weighted by molar-refractivity contribution is 7.09. The van der Waals surface area contributed by atoms with Crippen LogP contribution in [0.25, 0.3) is 10.8 Å². The molecule has 2 aromatic heterocycles. The summed E-state index contributed by atoms with van der Waals surface area (Å²) in [6.07, 6.45) is 2.21. The van der Waals surface area contributed by atoms with Gasteiger partial charge in [-0.3, -0.25) is 19.3 Å². The summed E-state index contributed by atoms with van der Waals surface area (Å²) >= 11 is 0.760. The maximum Gasteiger partial charge on any atom is 0.273 e. The number of rotatable bonds is 9. The van der Waals surface area contributed by atoms with Gasteiger partial charge < -0.3 is 21.2 Å². The number of nitrogens with two attached hydrogens (primary N) is 2. The molecule has 1 atom stereocenters. The van der Waals surface area contributed by atoms with Crippen LogP contribution >= 0.6 is 11.5 Å². The minimum Gasteiger partial charge on any atom is -0.467 e. The number of nitrogen functional groups attached to an aromatic ring is 1. The molecule has 1 unspecified atom stereocenters. The van der Waals surface area contributed by atoms with Gasteiger partial charge in [0.2, 0.25) is 0 Å². The van der Waals surface area contributed by atoms with Gasteiger partial charge in [-0.15, -0.1) is 0 Å². The largest absolute Gasteiger partial charge is 0.467 e. The van der Waals surface area contributed by atoms with E-state index in [1.54, 1.807) is 24.3 Å². The van der Waals surface area contributed by atoms with Crippen molar-refractivity contribution in [1.82, 2.24) is 9.69 Å². The van der Waals surface area contributed by atoms with E-state index in [1.807, 2.05) is 30.3 Å². The van der Waals surface area contributed by atoms with Crippen LogP contribution in [0.15, 0.2) is 65.3 Å². The maximum atomic E-state index is 14.1. The number of hydrogen-bond acceptors (Lipinski definition) is 7. The molecular weight excluding hydrogens is 478 g/mol. The predicted octanol–water partition coefficient (Wildman–Crippen LogP) is 4.12. The predicted molar refractivity (Wildman–Crippen MR) is 140 cm³/mol. The number of aromatic nitrogens is 1. The third-order valence-corrected chi connectivity index (χ3v) is 6.59. The topological polar surface area (TPSA) is 145 Å². The van der Waals surface area contributed by atoms with Crippen molar-refractivity contribution in [3.63, 3.8) is 0 Å². The minimum absolute atomic E-state index is 0.00303. The van der Waals surface area contributed by atoms with Crippen molar-refractivity contribution in [3.8, 4) is 0 Å². The van der Waals surface area contributed by atoms with Gasteiger partial charge in [-0.05, 0) is 47.5 Å². The Morgan fingerprint density at radius 3 is 2.50 bits per heavy atom. The zero-order valence-corrected chi connectivity index (χ0v) is 20.7. The van der Waals surface area contributed by atoms with Crippen LogP contribution in [-0.2, 0) is 4.79 Å². The second-order valence-electron chi connectivity index (χ2n) is 8.70. The minimum atomic E-state index is -1.15. The molecule has 0 aliphatic heterocycles. The molecular formula is C26H27N5O4S.